The number of aliphatic hydroxyl groups is 1. The molecule has 2 fully saturated rings. The lowest BCUT2D eigenvalue weighted by molar-refractivity contribution is -0.142. The summed E-state index contributed by atoms with van der Waals surface area (Å²) in [6, 6.07) is 8.07. The quantitative estimate of drug-likeness (QED) is 0.537. The molecule has 3 heterocycles. The van der Waals surface area contributed by atoms with Gasteiger partial charge in [0, 0.05) is 50.2 Å². The number of rotatable bonds is 2. The highest BCUT2D eigenvalue weighted by Crippen LogP contribution is 2.38. The monoisotopic (exact) mass is 465 g/mol. The molecule has 0 unspecified atom stereocenters. The molecule has 10 heteroatoms. The van der Waals surface area contributed by atoms with Crippen LogP contribution in [0.1, 0.15) is 24.8 Å². The summed E-state index contributed by atoms with van der Waals surface area (Å²) in [4.78, 5) is 36.2. The fraction of sp³-hybridized carbons (Fsp3) is 0.609. The maximum absolute atomic E-state index is 13.1. The molecule has 1 aromatic rings. The van der Waals surface area contributed by atoms with Crippen LogP contribution in [-0.4, -0.2) is 108 Å². The van der Waals surface area contributed by atoms with E-state index in [2.05, 4.69) is 22.9 Å². The van der Waals surface area contributed by atoms with Gasteiger partial charge in [-0.15, -0.1) is 0 Å². The van der Waals surface area contributed by atoms with Gasteiger partial charge in [-0.3, -0.25) is 19.3 Å². The average Bonchev–Trinajstić information content (AvgIpc) is 2.99. The first-order valence-corrected chi connectivity index (χ1v) is 11.1. The smallest absolute Gasteiger partial charge is 0.290 e. The van der Waals surface area contributed by atoms with Crippen molar-refractivity contribution in [2.75, 3.05) is 52.9 Å². The summed E-state index contributed by atoms with van der Waals surface area (Å²) in [7, 11) is 2.11. The van der Waals surface area contributed by atoms with Crippen LogP contribution in [0, 0.1) is 5.41 Å². The van der Waals surface area contributed by atoms with Crippen molar-refractivity contribution >= 4 is 18.9 Å². The van der Waals surface area contributed by atoms with Crippen LogP contribution in [0.15, 0.2) is 24.3 Å². The second-order valence-corrected chi connectivity index (χ2v) is 8.70. The Morgan fingerprint density at radius 1 is 1.15 bits per heavy atom. The number of amides is 1. The summed E-state index contributed by atoms with van der Waals surface area (Å²) in [6.07, 6.45) is 2.48. The lowest BCUT2D eigenvalue weighted by Crippen LogP contribution is -2.59. The van der Waals surface area contributed by atoms with Crippen LogP contribution in [0.4, 0.5) is 0 Å². The zero-order valence-electron chi connectivity index (χ0n) is 19.1. The van der Waals surface area contributed by atoms with E-state index in [4.69, 9.17) is 24.5 Å². The molecule has 3 aliphatic heterocycles. The first-order valence-electron chi connectivity index (χ1n) is 11.1. The number of para-hydroxylation sites is 1. The van der Waals surface area contributed by atoms with Crippen molar-refractivity contribution < 1.29 is 34.4 Å². The Hall–Kier alpha value is -2.69. The number of hydrogen-bond donors (Lipinski definition) is 3. The van der Waals surface area contributed by atoms with Gasteiger partial charge in [-0.25, -0.2) is 0 Å². The van der Waals surface area contributed by atoms with Gasteiger partial charge in [0.2, 0.25) is 5.91 Å². The average molecular weight is 466 g/mol. The Balaban J connectivity index is 0.000000582. The van der Waals surface area contributed by atoms with Crippen molar-refractivity contribution in [3.63, 3.8) is 0 Å². The standard InChI is InChI=1S/C21H31N3O3.2CH2O2/c1-22-10-7-19(25)21(15-22)8-4-9-24(16-21)20(26)14-23-11-12-27-18-6-3-2-5-17(18)13-23;2*2-1-3/h2-3,5-6,19,25H,4,7-16H2,1H3;2*1H,(H,2,3)/t19-,21-;;/m0../s1. The van der Waals surface area contributed by atoms with Gasteiger partial charge in [-0.1, -0.05) is 18.2 Å². The normalized spacial score (nSPS) is 25.2. The number of carbonyl (C=O) groups excluding carboxylic acids is 1. The van der Waals surface area contributed by atoms with E-state index in [1.54, 1.807) is 0 Å². The fourth-order valence-electron chi connectivity index (χ4n) is 4.95. The molecule has 2 atom stereocenters. The van der Waals surface area contributed by atoms with Gasteiger partial charge in [-0.05, 0) is 32.4 Å². The molecule has 3 aliphatic rings. The number of hydrogen-bond acceptors (Lipinski definition) is 7. The summed E-state index contributed by atoms with van der Waals surface area (Å²) in [5, 5.41) is 24.5. The molecule has 1 spiro atoms. The van der Waals surface area contributed by atoms with E-state index in [-0.39, 0.29) is 30.4 Å². The third-order valence-corrected chi connectivity index (χ3v) is 6.43. The molecule has 0 aliphatic carbocycles. The predicted octanol–water partition coefficient (Wildman–Crippen LogP) is 0.588. The predicted molar refractivity (Wildman–Crippen MR) is 121 cm³/mol. The second kappa shape index (κ2) is 13.1. The topological polar surface area (TPSA) is 131 Å². The van der Waals surface area contributed by atoms with E-state index in [0.29, 0.717) is 19.7 Å². The molecule has 184 valence electrons. The second-order valence-electron chi connectivity index (χ2n) is 8.70. The maximum atomic E-state index is 13.1. The van der Waals surface area contributed by atoms with Crippen molar-refractivity contribution in [3.8, 4) is 5.75 Å². The highest BCUT2D eigenvalue weighted by Gasteiger charge is 2.45. The SMILES string of the molecule is CN1CC[C@H](O)[C@@]2(CCCN(C(=O)CN3CCOc4ccccc4C3)C2)C1.O=CO.O=CO. The van der Waals surface area contributed by atoms with Crippen LogP contribution in [0.3, 0.4) is 0 Å². The third-order valence-electron chi connectivity index (χ3n) is 6.43. The highest BCUT2D eigenvalue weighted by molar-refractivity contribution is 5.78. The van der Waals surface area contributed by atoms with Crippen LogP contribution < -0.4 is 4.74 Å². The zero-order valence-corrected chi connectivity index (χ0v) is 19.1. The van der Waals surface area contributed by atoms with Crippen LogP contribution >= 0.6 is 0 Å². The molecule has 33 heavy (non-hydrogen) atoms. The Morgan fingerprint density at radius 2 is 1.85 bits per heavy atom. The van der Waals surface area contributed by atoms with Crippen LogP contribution in [0.5, 0.6) is 5.75 Å². The highest BCUT2D eigenvalue weighted by atomic mass is 16.5. The number of carbonyl (C=O) groups is 3. The molecule has 2 saturated heterocycles. The molecule has 3 N–H and O–H groups in total. The first kappa shape index (κ1) is 26.6. The van der Waals surface area contributed by atoms with Gasteiger partial charge in [0.1, 0.15) is 12.4 Å². The summed E-state index contributed by atoms with van der Waals surface area (Å²) < 4.78 is 5.82. The van der Waals surface area contributed by atoms with Gasteiger partial charge >= 0.3 is 0 Å². The van der Waals surface area contributed by atoms with E-state index in [9.17, 15) is 9.90 Å². The minimum absolute atomic E-state index is 0.157. The first-order chi connectivity index (χ1) is 15.9. The van der Waals surface area contributed by atoms with Crippen molar-refractivity contribution in [1.29, 1.82) is 0 Å². The number of carboxylic acid groups (broad SMARTS) is 2. The Bertz CT molecular complexity index is 772. The number of piperidine rings is 2. The molecule has 0 saturated carbocycles. The number of benzene rings is 1. The van der Waals surface area contributed by atoms with Gasteiger partial charge < -0.3 is 29.9 Å². The molecule has 0 bridgehead atoms. The maximum Gasteiger partial charge on any atom is 0.290 e. The summed E-state index contributed by atoms with van der Waals surface area (Å²) in [5.74, 6) is 1.10. The van der Waals surface area contributed by atoms with Crippen molar-refractivity contribution in [1.82, 2.24) is 14.7 Å². The van der Waals surface area contributed by atoms with Crippen molar-refractivity contribution in [2.24, 2.45) is 5.41 Å². The lowest BCUT2D eigenvalue weighted by atomic mass is 9.71. The van der Waals surface area contributed by atoms with E-state index < -0.39 is 0 Å². The van der Waals surface area contributed by atoms with E-state index in [1.807, 2.05) is 23.1 Å². The molecular weight excluding hydrogens is 430 g/mol. The van der Waals surface area contributed by atoms with Gasteiger partial charge in [0.15, 0.2) is 0 Å². The van der Waals surface area contributed by atoms with Crippen LogP contribution in [0.25, 0.3) is 0 Å². The fourth-order valence-corrected chi connectivity index (χ4v) is 4.95. The van der Waals surface area contributed by atoms with Crippen LogP contribution in [-0.2, 0) is 20.9 Å². The molecular formula is C23H35N3O7. The number of ether oxygens (including phenoxy) is 1. The van der Waals surface area contributed by atoms with Gasteiger partial charge in [0.25, 0.3) is 12.9 Å². The summed E-state index contributed by atoms with van der Waals surface area (Å²) in [5.41, 5.74) is 0.984. The third kappa shape index (κ3) is 7.41. The van der Waals surface area contributed by atoms with Gasteiger partial charge in [0.05, 0.1) is 12.6 Å². The number of nitrogens with zero attached hydrogens (tertiary/aromatic N) is 3. The summed E-state index contributed by atoms with van der Waals surface area (Å²) in [6.45, 7) is 5.32. The Labute approximate surface area is 194 Å². The van der Waals surface area contributed by atoms with Crippen molar-refractivity contribution in [2.45, 2.75) is 31.9 Å². The minimum atomic E-state index is -0.303. The van der Waals surface area contributed by atoms with Crippen molar-refractivity contribution in [3.05, 3.63) is 29.8 Å². The molecule has 1 amide bonds. The largest absolute Gasteiger partial charge is 0.492 e. The Morgan fingerprint density at radius 3 is 2.58 bits per heavy atom. The van der Waals surface area contributed by atoms with Gasteiger partial charge in [-0.2, -0.15) is 0 Å². The van der Waals surface area contributed by atoms with E-state index >= 15 is 0 Å². The molecule has 1 aromatic carbocycles. The summed E-state index contributed by atoms with van der Waals surface area (Å²) >= 11 is 0. The lowest BCUT2D eigenvalue weighted by Gasteiger charge is -2.50. The van der Waals surface area contributed by atoms with E-state index in [0.717, 1.165) is 63.3 Å². The zero-order chi connectivity index (χ0) is 24.3. The molecule has 0 aromatic heterocycles. The number of fused-ring (bicyclic) bond motifs is 1. The minimum Gasteiger partial charge on any atom is -0.492 e. The Kier molecular flexibility index (Phi) is 10.6. The molecule has 10 nitrogen and oxygen atoms in total. The number of likely N-dealkylation sites (tertiary alicyclic amines) is 2. The molecule has 4 rings (SSSR count). The van der Waals surface area contributed by atoms with Crippen LogP contribution in [0.2, 0.25) is 0 Å². The number of aliphatic hydroxyl groups excluding tert-OH is 1. The van der Waals surface area contributed by atoms with E-state index in [1.165, 1.54) is 0 Å². The molecule has 0 radical (unpaired) electrons.